The summed E-state index contributed by atoms with van der Waals surface area (Å²) in [6.07, 6.45) is 35.4. The zero-order valence-corrected chi connectivity index (χ0v) is 69.9. The summed E-state index contributed by atoms with van der Waals surface area (Å²) in [5.41, 5.74) is 27.3. The largest absolute Gasteiger partial charge is 0.508 e. The van der Waals surface area contributed by atoms with Gasteiger partial charge in [-0.3, -0.25) is 9.59 Å². The molecule has 2 atom stereocenters. The molecular formula is C92H102N24O7. The molecule has 31 heteroatoms. The van der Waals surface area contributed by atoms with Crippen molar-refractivity contribution in [2.24, 2.45) is 11.8 Å². The number of hydrogen-bond acceptors (Lipinski definition) is 24. The molecule has 17 rings (SSSR count). The second-order valence-corrected chi connectivity index (χ2v) is 30.0. The Bertz CT molecular complexity index is 6210. The fourth-order valence-electron chi connectivity index (χ4n) is 13.1. The van der Waals surface area contributed by atoms with Crippen LogP contribution in [0.3, 0.4) is 0 Å². The van der Waals surface area contributed by atoms with Gasteiger partial charge in [-0.15, -0.1) is 0 Å². The molecule has 1 aliphatic rings. The molecule has 6 aromatic carbocycles. The molecule has 0 radical (unpaired) electrons. The third-order valence-corrected chi connectivity index (χ3v) is 19.8. The zero-order chi connectivity index (χ0) is 86.3. The number of morpholine rings is 1. The van der Waals surface area contributed by atoms with Crippen LogP contribution in [0.25, 0.3) is 79.3 Å². The third-order valence-electron chi connectivity index (χ3n) is 19.8. The standard InChI is InChI=1S/C22H27N5O2.C19H23N5O2.C18H15N5.C17H21N5O.C16H16N4O2/c1-4-5-6-7-9-18-15-27-13-12-23-22(27)21(25-18)24-17-10-8-11-19(14-17)29-16-20(28)26(2)3;1-12(2)17(11-25)23-18-19-20-7-8-24(19)10-16(22-18)14-5-4-6-15(9-14)21-13(3)26;19-14-6-4-5-13(11-14)16-12-23-10-9-20-18(23)17(22-16)21-15-7-2-1-3-8-15;1-11(2)15(10-23)21-16-17-19-6-7-22(17)9-14(20-16)12-4-3-5-13(18)8-12;21-13-3-1-12(2-4-13)14-11-20-6-5-17-15(20)16(18-14)19-7-9-22-10-8-19/h7-15H,4-6,16H2,1-3H3,(H,24,25);4-10,12,17,25H,11H2,1-3H3,(H,21,26)(H,22,23);1-12H,19H2,(H,21,22);3-9,11,15,23H,10,18H2,1-2H3,(H,20,21);1-6,11,21H,7-10H2/b9-7+;;;;/t;17-;;15-;/m.0.0./s1. The molecule has 0 aliphatic carbocycles. The van der Waals surface area contributed by atoms with E-state index in [9.17, 15) is 24.9 Å². The molecule has 123 heavy (non-hydrogen) atoms. The van der Waals surface area contributed by atoms with Crippen LogP contribution in [0.2, 0.25) is 0 Å². The first kappa shape index (κ1) is 86.0. The maximum Gasteiger partial charge on any atom is 0.259 e. The number of phenols is 1. The Kier molecular flexibility index (Phi) is 28.8. The number of rotatable bonds is 25. The van der Waals surface area contributed by atoms with Crippen molar-refractivity contribution in [3.05, 3.63) is 256 Å². The van der Waals surface area contributed by atoms with Crippen molar-refractivity contribution in [1.29, 1.82) is 0 Å². The number of aliphatic hydroxyl groups is 2. The Balaban J connectivity index is 0.000000133. The number of nitrogens with two attached hydrogens (primary N) is 2. The van der Waals surface area contributed by atoms with Crippen molar-refractivity contribution in [1.82, 2.24) is 76.7 Å². The molecule has 0 unspecified atom stereocenters. The number of aromatic hydroxyl groups is 1. The van der Waals surface area contributed by atoms with Crippen molar-refractivity contribution in [2.45, 2.75) is 72.9 Å². The smallest absolute Gasteiger partial charge is 0.259 e. The summed E-state index contributed by atoms with van der Waals surface area (Å²) in [6.45, 7) is 14.9. The highest BCUT2D eigenvalue weighted by Crippen LogP contribution is 2.32. The summed E-state index contributed by atoms with van der Waals surface area (Å²) >= 11 is 0. The van der Waals surface area contributed by atoms with Crippen molar-refractivity contribution in [3.63, 3.8) is 0 Å². The number of fused-ring (bicyclic) bond motifs is 5. The molecule has 0 saturated carbocycles. The van der Waals surface area contributed by atoms with E-state index in [0.717, 1.165) is 116 Å². The van der Waals surface area contributed by atoms with Crippen LogP contribution < -0.4 is 47.7 Å². The molecule has 632 valence electrons. The Morgan fingerprint density at radius 2 is 0.976 bits per heavy atom. The van der Waals surface area contributed by atoms with Crippen LogP contribution in [0.15, 0.2) is 251 Å². The average molecular weight is 1660 g/mol. The first-order valence-corrected chi connectivity index (χ1v) is 40.6. The van der Waals surface area contributed by atoms with Crippen LogP contribution in [-0.2, 0) is 14.3 Å². The first-order valence-electron chi connectivity index (χ1n) is 40.6. The van der Waals surface area contributed by atoms with E-state index in [1.807, 2.05) is 243 Å². The van der Waals surface area contributed by atoms with Gasteiger partial charge in [0.15, 0.2) is 63.9 Å². The Morgan fingerprint density at radius 3 is 1.49 bits per heavy atom. The summed E-state index contributed by atoms with van der Waals surface area (Å²) in [6, 6.07) is 47.1. The van der Waals surface area contributed by atoms with Gasteiger partial charge in [-0.05, 0) is 109 Å². The van der Waals surface area contributed by atoms with Crippen LogP contribution in [0.5, 0.6) is 11.5 Å². The second kappa shape index (κ2) is 41.2. The average Bonchev–Trinajstić information content (AvgIpc) is 1.74. The van der Waals surface area contributed by atoms with Crippen molar-refractivity contribution in [2.75, 3.05) is 103 Å². The minimum atomic E-state index is -0.121. The number of nitrogens with zero attached hydrogens (tertiary/aromatic N) is 17. The molecule has 31 nitrogen and oxygen atoms in total. The van der Waals surface area contributed by atoms with E-state index in [1.54, 1.807) is 57.2 Å². The lowest BCUT2D eigenvalue weighted by atomic mass is 10.1. The SMILES string of the molecule is CC(=O)Nc1cccc(-c2cn3ccnc3c(N[C@@H](CO)C(C)C)n2)c1.CC(C)[C@H](CO)Nc1nc(-c2cccc(N)c2)cn2ccnc12.CCCC/C=C/c1cn2ccnc2c(Nc2cccc(OCC(=O)N(C)C)c2)n1.Nc1cccc(-c2cn3ccnc3c(Nc3ccccc3)n2)c1.Oc1ccc(-c2cn3ccnc3c(N3CCOCC3)n2)cc1. The molecule has 1 aliphatic heterocycles. The summed E-state index contributed by atoms with van der Waals surface area (Å²) in [4.78, 5) is 72.3. The molecule has 1 saturated heterocycles. The van der Waals surface area contributed by atoms with E-state index in [4.69, 9.17) is 45.9 Å². The van der Waals surface area contributed by atoms with Crippen LogP contribution in [0, 0.1) is 11.8 Å². The second-order valence-electron chi connectivity index (χ2n) is 30.0. The lowest BCUT2D eigenvalue weighted by Crippen LogP contribution is -2.37. The van der Waals surface area contributed by atoms with E-state index in [-0.39, 0.29) is 61.3 Å². The molecule has 0 spiro atoms. The fraction of sp³-hybridized carbons (Fsp3) is 0.239. The van der Waals surface area contributed by atoms with Gasteiger partial charge in [0.2, 0.25) is 5.91 Å². The number of ether oxygens (including phenoxy) is 2. The molecule has 16 aromatic rings. The van der Waals surface area contributed by atoms with Crippen molar-refractivity contribution < 1.29 is 34.4 Å². The first-order chi connectivity index (χ1) is 59.7. The van der Waals surface area contributed by atoms with Crippen LogP contribution in [0.4, 0.5) is 57.5 Å². The van der Waals surface area contributed by atoms with Gasteiger partial charge in [0.1, 0.15) is 11.5 Å². The predicted molar refractivity (Wildman–Crippen MR) is 485 cm³/mol. The monoisotopic (exact) mass is 1650 g/mol. The number of carbonyl (C=O) groups is 2. The number of phenolic OH excluding ortho intramolecular Hbond substituents is 1. The normalized spacial score (nSPS) is 12.4. The number of anilines is 10. The van der Waals surface area contributed by atoms with Gasteiger partial charge in [0.25, 0.3) is 5.91 Å². The Hall–Kier alpha value is -14.8. The number of nitrogen functional groups attached to an aromatic ring is 2. The Labute approximate surface area is 711 Å². The van der Waals surface area contributed by atoms with E-state index < -0.39 is 0 Å². The van der Waals surface area contributed by atoms with Crippen LogP contribution in [-0.4, -0.2) is 176 Å². The number of para-hydroxylation sites is 1. The molecule has 12 N–H and O–H groups in total. The molecule has 11 heterocycles. The number of nitrogens with one attached hydrogen (secondary N) is 5. The zero-order valence-electron chi connectivity index (χ0n) is 69.9. The van der Waals surface area contributed by atoms with E-state index in [0.29, 0.717) is 64.9 Å². The summed E-state index contributed by atoms with van der Waals surface area (Å²) < 4.78 is 20.7. The van der Waals surface area contributed by atoms with Gasteiger partial charge < -0.3 is 94.6 Å². The fourth-order valence-corrected chi connectivity index (χ4v) is 13.1. The maximum atomic E-state index is 11.7. The highest BCUT2D eigenvalue weighted by Gasteiger charge is 2.22. The number of carbonyl (C=O) groups excluding carboxylic acids is 2. The quantitative estimate of drug-likeness (QED) is 0.0188. The molecule has 10 aromatic heterocycles. The van der Waals surface area contributed by atoms with Gasteiger partial charge in [-0.25, -0.2) is 49.8 Å². The summed E-state index contributed by atoms with van der Waals surface area (Å²) in [7, 11) is 3.41. The van der Waals surface area contributed by atoms with Gasteiger partial charge in [-0.1, -0.05) is 114 Å². The summed E-state index contributed by atoms with van der Waals surface area (Å²) in [5, 5.41) is 44.7. The number of amides is 2. The number of likely N-dealkylation sites (N-methyl/N-ethyl adjacent to an activating group) is 1. The van der Waals surface area contributed by atoms with E-state index >= 15 is 0 Å². The van der Waals surface area contributed by atoms with Crippen molar-refractivity contribution in [3.8, 4) is 56.5 Å². The van der Waals surface area contributed by atoms with Crippen LogP contribution in [0.1, 0.15) is 66.5 Å². The lowest BCUT2D eigenvalue weighted by Gasteiger charge is -2.28. The number of aromatic nitrogens is 15. The molecular weight excluding hydrogens is 1550 g/mol. The van der Waals surface area contributed by atoms with Gasteiger partial charge in [-0.2, -0.15) is 0 Å². The topological polar surface area (TPSA) is 383 Å². The number of aliphatic hydroxyl groups excluding tert-OH is 2. The highest BCUT2D eigenvalue weighted by molar-refractivity contribution is 5.89. The van der Waals surface area contributed by atoms with Crippen molar-refractivity contribution >= 4 is 104 Å². The highest BCUT2D eigenvalue weighted by atomic mass is 16.5. The number of allylic oxidation sites excluding steroid dienone is 1. The predicted octanol–water partition coefficient (Wildman–Crippen LogP) is 15.0. The number of imidazole rings is 5. The maximum absolute atomic E-state index is 11.7. The van der Waals surface area contributed by atoms with E-state index in [1.165, 1.54) is 18.2 Å². The molecule has 1 fully saturated rings. The van der Waals surface area contributed by atoms with Gasteiger partial charge in [0.05, 0.1) is 67.0 Å². The summed E-state index contributed by atoms with van der Waals surface area (Å²) in [5.74, 6) is 4.68. The molecule has 0 bridgehead atoms. The minimum absolute atomic E-state index is 0.00273. The van der Waals surface area contributed by atoms with Gasteiger partial charge in [0, 0.05) is 184 Å². The van der Waals surface area contributed by atoms with E-state index in [2.05, 4.69) is 83.3 Å². The van der Waals surface area contributed by atoms with Gasteiger partial charge >= 0.3 is 0 Å². The minimum Gasteiger partial charge on any atom is -0.508 e. The van der Waals surface area contributed by atoms with Crippen LogP contribution >= 0.6 is 0 Å². The number of hydrogen-bond donors (Lipinski definition) is 10. The lowest BCUT2D eigenvalue weighted by molar-refractivity contribution is -0.130. The number of benzene rings is 6. The Morgan fingerprint density at radius 1 is 0.520 bits per heavy atom. The molecule has 2 amide bonds. The number of unbranched alkanes of at least 4 members (excludes halogenated alkanes) is 2. The third kappa shape index (κ3) is 22.8.